The van der Waals surface area contributed by atoms with Crippen molar-refractivity contribution in [3.63, 3.8) is 0 Å². The average Bonchev–Trinajstić information content (AvgIpc) is 3.15. The van der Waals surface area contributed by atoms with Gasteiger partial charge in [0.2, 0.25) is 5.91 Å². The number of rotatable bonds is 4. The van der Waals surface area contributed by atoms with Gasteiger partial charge in [-0.2, -0.15) is 0 Å². The highest BCUT2D eigenvalue weighted by Crippen LogP contribution is 2.34. The van der Waals surface area contributed by atoms with Gasteiger partial charge in [0.25, 0.3) is 0 Å². The first-order valence-electron chi connectivity index (χ1n) is 8.57. The van der Waals surface area contributed by atoms with Crippen molar-refractivity contribution in [3.05, 3.63) is 33.8 Å². The summed E-state index contributed by atoms with van der Waals surface area (Å²) >= 11 is 9.21. The first-order valence-corrected chi connectivity index (χ1v) is 10.6. The van der Waals surface area contributed by atoms with E-state index in [4.69, 9.17) is 16.6 Å². The van der Waals surface area contributed by atoms with E-state index < -0.39 is 0 Å². The molecule has 5 nitrogen and oxygen atoms in total. The van der Waals surface area contributed by atoms with Crippen LogP contribution in [0.5, 0.6) is 0 Å². The molecule has 1 aliphatic heterocycles. The zero-order chi connectivity index (χ0) is 18.3. The summed E-state index contributed by atoms with van der Waals surface area (Å²) in [6.45, 7) is 5.57. The van der Waals surface area contributed by atoms with Crippen molar-refractivity contribution in [2.24, 2.45) is 5.92 Å². The standard InChI is InChI=1S/C18H19ClN4OS2/c1-10(2)7-16(24)23-6-5-13-15(9-23)26-18(21-13)22-17-20-12-4-3-11(19)8-14(12)25-17/h3-4,8,10H,5-7,9H2,1-2H3,(H,20,21,22). The summed E-state index contributed by atoms with van der Waals surface area (Å²) in [6.07, 6.45) is 1.42. The molecule has 0 saturated heterocycles. The number of carbonyl (C=O) groups excluding carboxylic acids is 1. The summed E-state index contributed by atoms with van der Waals surface area (Å²) in [7, 11) is 0. The summed E-state index contributed by atoms with van der Waals surface area (Å²) in [5.74, 6) is 0.617. The molecular weight excluding hydrogens is 388 g/mol. The van der Waals surface area contributed by atoms with E-state index in [0.29, 0.717) is 23.9 Å². The van der Waals surface area contributed by atoms with Gasteiger partial charge in [-0.25, -0.2) is 9.97 Å². The molecule has 3 aromatic rings. The number of nitrogens with zero attached hydrogens (tertiary/aromatic N) is 3. The number of amides is 1. The molecule has 0 bridgehead atoms. The van der Waals surface area contributed by atoms with Gasteiger partial charge >= 0.3 is 0 Å². The number of nitrogens with one attached hydrogen (secondary N) is 1. The summed E-state index contributed by atoms with van der Waals surface area (Å²) in [4.78, 5) is 24.7. The van der Waals surface area contributed by atoms with E-state index in [1.54, 1.807) is 22.7 Å². The topological polar surface area (TPSA) is 58.1 Å². The normalized spacial score (nSPS) is 14.1. The lowest BCUT2D eigenvalue weighted by molar-refractivity contribution is -0.132. The SMILES string of the molecule is CC(C)CC(=O)N1CCc2nc(Nc3nc4ccc(Cl)cc4s3)sc2C1. The molecule has 8 heteroatoms. The van der Waals surface area contributed by atoms with Gasteiger partial charge in [-0.05, 0) is 24.1 Å². The smallest absolute Gasteiger partial charge is 0.223 e. The van der Waals surface area contributed by atoms with Crippen molar-refractivity contribution < 1.29 is 4.79 Å². The second-order valence-corrected chi connectivity index (χ2v) is 9.36. The molecule has 0 saturated carbocycles. The molecule has 0 fully saturated rings. The van der Waals surface area contributed by atoms with E-state index in [1.807, 2.05) is 23.1 Å². The first-order chi connectivity index (χ1) is 12.5. The summed E-state index contributed by atoms with van der Waals surface area (Å²) in [6, 6.07) is 5.69. The highest BCUT2D eigenvalue weighted by atomic mass is 35.5. The van der Waals surface area contributed by atoms with Crippen LogP contribution >= 0.6 is 34.3 Å². The lowest BCUT2D eigenvalue weighted by Crippen LogP contribution is -2.36. The molecule has 0 atom stereocenters. The number of benzene rings is 1. The van der Waals surface area contributed by atoms with Gasteiger partial charge in [-0.1, -0.05) is 48.1 Å². The zero-order valence-electron chi connectivity index (χ0n) is 14.6. The molecule has 0 unspecified atom stereocenters. The Kier molecular flexibility index (Phi) is 4.86. The maximum absolute atomic E-state index is 12.3. The van der Waals surface area contributed by atoms with Crippen LogP contribution in [-0.2, 0) is 17.8 Å². The van der Waals surface area contributed by atoms with Gasteiger partial charge in [-0.15, -0.1) is 0 Å². The van der Waals surface area contributed by atoms with Crippen molar-refractivity contribution in [2.75, 3.05) is 11.9 Å². The monoisotopic (exact) mass is 406 g/mol. The summed E-state index contributed by atoms with van der Waals surface area (Å²) in [5.41, 5.74) is 2.02. The minimum atomic E-state index is 0.233. The summed E-state index contributed by atoms with van der Waals surface area (Å²) < 4.78 is 1.05. The molecule has 26 heavy (non-hydrogen) atoms. The molecule has 0 radical (unpaired) electrons. The molecule has 1 N–H and O–H groups in total. The van der Waals surface area contributed by atoms with E-state index in [1.165, 1.54) is 4.88 Å². The van der Waals surface area contributed by atoms with Gasteiger partial charge in [0.1, 0.15) is 0 Å². The van der Waals surface area contributed by atoms with Gasteiger partial charge in [0, 0.05) is 29.3 Å². The second-order valence-electron chi connectivity index (χ2n) is 6.81. The van der Waals surface area contributed by atoms with Gasteiger partial charge < -0.3 is 10.2 Å². The van der Waals surface area contributed by atoms with Crippen molar-refractivity contribution in [3.8, 4) is 0 Å². The second kappa shape index (κ2) is 7.13. The Hall–Kier alpha value is -1.70. The fraction of sp³-hybridized carbons (Fsp3) is 0.389. The minimum absolute atomic E-state index is 0.233. The molecular formula is C18H19ClN4OS2. The first kappa shape index (κ1) is 17.7. The number of hydrogen-bond acceptors (Lipinski definition) is 6. The maximum Gasteiger partial charge on any atom is 0.223 e. The van der Waals surface area contributed by atoms with Crippen molar-refractivity contribution in [1.82, 2.24) is 14.9 Å². The molecule has 1 aromatic carbocycles. The molecule has 1 amide bonds. The maximum atomic E-state index is 12.3. The Morgan fingerprint density at radius 3 is 2.92 bits per heavy atom. The van der Waals surface area contributed by atoms with Crippen LogP contribution in [-0.4, -0.2) is 27.3 Å². The van der Waals surface area contributed by atoms with Crippen LogP contribution in [0.1, 0.15) is 30.8 Å². The third kappa shape index (κ3) is 3.70. The number of halogens is 1. The molecule has 0 aliphatic carbocycles. The van der Waals surface area contributed by atoms with E-state index in [0.717, 1.165) is 39.1 Å². The third-order valence-electron chi connectivity index (χ3n) is 4.23. The Labute approximate surface area is 165 Å². The number of thiazole rings is 2. The van der Waals surface area contributed by atoms with E-state index >= 15 is 0 Å². The summed E-state index contributed by atoms with van der Waals surface area (Å²) in [5, 5.41) is 5.66. The molecule has 2 aromatic heterocycles. The van der Waals surface area contributed by atoms with E-state index in [9.17, 15) is 4.79 Å². The van der Waals surface area contributed by atoms with Gasteiger partial charge in [0.05, 0.1) is 22.5 Å². The fourth-order valence-electron chi connectivity index (χ4n) is 2.98. The largest absolute Gasteiger partial charge is 0.337 e. The van der Waals surface area contributed by atoms with Crippen LogP contribution in [0.15, 0.2) is 18.2 Å². The van der Waals surface area contributed by atoms with Crippen LogP contribution in [0.2, 0.25) is 5.02 Å². The molecule has 4 rings (SSSR count). The van der Waals surface area contributed by atoms with Crippen LogP contribution in [0.3, 0.4) is 0 Å². The Balaban J connectivity index is 1.49. The van der Waals surface area contributed by atoms with E-state index in [-0.39, 0.29) is 5.91 Å². The highest BCUT2D eigenvalue weighted by molar-refractivity contribution is 7.22. The number of anilines is 2. The van der Waals surface area contributed by atoms with Crippen molar-refractivity contribution >= 4 is 60.7 Å². The van der Waals surface area contributed by atoms with Crippen LogP contribution in [0, 0.1) is 5.92 Å². The van der Waals surface area contributed by atoms with Crippen LogP contribution in [0.25, 0.3) is 10.2 Å². The quantitative estimate of drug-likeness (QED) is 0.656. The molecule has 1 aliphatic rings. The number of carbonyl (C=O) groups is 1. The zero-order valence-corrected chi connectivity index (χ0v) is 17.0. The minimum Gasteiger partial charge on any atom is -0.337 e. The predicted molar refractivity (Wildman–Crippen MR) is 109 cm³/mol. The number of hydrogen-bond donors (Lipinski definition) is 1. The predicted octanol–water partition coefficient (Wildman–Crippen LogP) is 5.08. The van der Waals surface area contributed by atoms with Gasteiger partial charge in [-0.3, -0.25) is 4.79 Å². The molecule has 136 valence electrons. The Bertz CT molecular complexity index is 965. The Morgan fingerprint density at radius 2 is 2.12 bits per heavy atom. The lowest BCUT2D eigenvalue weighted by Gasteiger charge is -2.26. The van der Waals surface area contributed by atoms with Crippen LogP contribution < -0.4 is 5.32 Å². The van der Waals surface area contributed by atoms with Crippen molar-refractivity contribution in [2.45, 2.75) is 33.2 Å². The molecule has 0 spiro atoms. The van der Waals surface area contributed by atoms with Crippen molar-refractivity contribution in [1.29, 1.82) is 0 Å². The fourth-order valence-corrected chi connectivity index (χ4v) is 5.21. The number of fused-ring (bicyclic) bond motifs is 2. The average molecular weight is 407 g/mol. The molecule has 3 heterocycles. The van der Waals surface area contributed by atoms with Crippen LogP contribution in [0.4, 0.5) is 10.3 Å². The van der Waals surface area contributed by atoms with Gasteiger partial charge in [0.15, 0.2) is 10.3 Å². The lowest BCUT2D eigenvalue weighted by atomic mass is 10.1. The highest BCUT2D eigenvalue weighted by Gasteiger charge is 2.24. The van der Waals surface area contributed by atoms with E-state index in [2.05, 4.69) is 24.1 Å². The Morgan fingerprint density at radius 1 is 1.31 bits per heavy atom. The number of aromatic nitrogens is 2. The third-order valence-corrected chi connectivity index (χ3v) is 6.40.